The molecule has 0 saturated carbocycles. The van der Waals surface area contributed by atoms with E-state index >= 15 is 0 Å². The van der Waals surface area contributed by atoms with Crippen molar-refractivity contribution in [2.24, 2.45) is 0 Å². The molecule has 0 aliphatic carbocycles. The van der Waals surface area contributed by atoms with E-state index in [1.54, 1.807) is 18.6 Å². The smallest absolute Gasteiger partial charge is 0.271 e. The van der Waals surface area contributed by atoms with E-state index in [-0.39, 0.29) is 5.91 Å². The van der Waals surface area contributed by atoms with Crippen LogP contribution in [0.3, 0.4) is 0 Å². The number of aromatic nitrogens is 3. The first kappa shape index (κ1) is 16.6. The second kappa shape index (κ2) is 8.01. The molecule has 0 fully saturated rings. The molecule has 3 aromatic rings. The zero-order valence-electron chi connectivity index (χ0n) is 13.9. The molecule has 0 atom stereocenters. The van der Waals surface area contributed by atoms with Gasteiger partial charge in [0.15, 0.2) is 0 Å². The molecule has 6 nitrogen and oxygen atoms in total. The first-order valence-electron chi connectivity index (χ1n) is 8.00. The molecule has 6 heteroatoms. The predicted octanol–water partition coefficient (Wildman–Crippen LogP) is 2.72. The summed E-state index contributed by atoms with van der Waals surface area (Å²) >= 11 is 0. The number of nitrogens with zero attached hydrogens (tertiary/aromatic N) is 3. The lowest BCUT2D eigenvalue weighted by Crippen LogP contribution is -2.24. The van der Waals surface area contributed by atoms with Gasteiger partial charge in [-0.2, -0.15) is 0 Å². The van der Waals surface area contributed by atoms with Crippen LogP contribution in [0.4, 0.5) is 5.82 Å². The minimum Gasteiger partial charge on any atom is -0.365 e. The van der Waals surface area contributed by atoms with Crippen LogP contribution in [0.25, 0.3) is 0 Å². The molecule has 1 amide bonds. The number of hydrogen-bond donors (Lipinski definition) is 2. The molecule has 0 spiro atoms. The molecule has 2 N–H and O–H groups in total. The number of aryl methyl sites for hydroxylation is 1. The SMILES string of the molecule is Cc1ccccc1CNC(=O)c1cnc(NCc2cccnc2)cn1. The lowest BCUT2D eigenvalue weighted by atomic mass is 10.1. The third-order valence-corrected chi connectivity index (χ3v) is 3.78. The van der Waals surface area contributed by atoms with Crippen LogP contribution >= 0.6 is 0 Å². The Hall–Kier alpha value is -3.28. The van der Waals surface area contributed by atoms with Gasteiger partial charge in [-0.1, -0.05) is 30.3 Å². The van der Waals surface area contributed by atoms with Gasteiger partial charge in [0.25, 0.3) is 5.91 Å². The summed E-state index contributed by atoms with van der Waals surface area (Å²) in [7, 11) is 0. The van der Waals surface area contributed by atoms with Crippen molar-refractivity contribution in [3.05, 3.63) is 83.6 Å². The second-order valence-corrected chi connectivity index (χ2v) is 5.61. The van der Waals surface area contributed by atoms with Crippen molar-refractivity contribution in [3.8, 4) is 0 Å². The van der Waals surface area contributed by atoms with E-state index in [0.717, 1.165) is 16.7 Å². The third kappa shape index (κ3) is 4.60. The van der Waals surface area contributed by atoms with Crippen LogP contribution in [-0.4, -0.2) is 20.9 Å². The van der Waals surface area contributed by atoms with Crippen molar-refractivity contribution in [2.45, 2.75) is 20.0 Å². The quantitative estimate of drug-likeness (QED) is 0.725. The summed E-state index contributed by atoms with van der Waals surface area (Å²) in [4.78, 5) is 24.6. The van der Waals surface area contributed by atoms with Gasteiger partial charge in [-0.25, -0.2) is 9.97 Å². The Kier molecular flexibility index (Phi) is 5.31. The number of hydrogen-bond acceptors (Lipinski definition) is 5. The van der Waals surface area contributed by atoms with Gasteiger partial charge in [-0.05, 0) is 29.7 Å². The average Bonchev–Trinajstić information content (AvgIpc) is 2.67. The van der Waals surface area contributed by atoms with Crippen LogP contribution in [0.2, 0.25) is 0 Å². The lowest BCUT2D eigenvalue weighted by Gasteiger charge is -2.08. The second-order valence-electron chi connectivity index (χ2n) is 5.61. The average molecular weight is 333 g/mol. The first-order chi connectivity index (χ1) is 12.2. The summed E-state index contributed by atoms with van der Waals surface area (Å²) in [5.74, 6) is 0.369. The number of nitrogens with one attached hydrogen (secondary N) is 2. The molecule has 0 unspecified atom stereocenters. The predicted molar refractivity (Wildman–Crippen MR) is 95.9 cm³/mol. The molecule has 126 valence electrons. The third-order valence-electron chi connectivity index (χ3n) is 3.78. The van der Waals surface area contributed by atoms with E-state index in [2.05, 4.69) is 25.6 Å². The minimum atomic E-state index is -0.241. The standard InChI is InChI=1S/C19H19N5O/c1-14-5-2-3-7-16(14)11-24-19(25)17-12-23-18(13-21-17)22-10-15-6-4-8-20-9-15/h2-9,12-13H,10-11H2,1H3,(H,22,23)(H,24,25). The van der Waals surface area contributed by atoms with Gasteiger partial charge in [-0.15, -0.1) is 0 Å². The molecule has 1 aromatic carbocycles. The highest BCUT2D eigenvalue weighted by Crippen LogP contribution is 2.07. The maximum Gasteiger partial charge on any atom is 0.271 e. The fourth-order valence-electron chi connectivity index (χ4n) is 2.31. The van der Waals surface area contributed by atoms with Crippen LogP contribution in [0, 0.1) is 6.92 Å². The topological polar surface area (TPSA) is 79.8 Å². The number of carbonyl (C=O) groups is 1. The van der Waals surface area contributed by atoms with Crippen LogP contribution in [0.5, 0.6) is 0 Å². The Bertz CT molecular complexity index is 834. The maximum absolute atomic E-state index is 12.2. The number of rotatable bonds is 6. The minimum absolute atomic E-state index is 0.241. The van der Waals surface area contributed by atoms with Crippen LogP contribution in [-0.2, 0) is 13.1 Å². The summed E-state index contributed by atoms with van der Waals surface area (Å²) in [6, 6.07) is 11.8. The zero-order valence-corrected chi connectivity index (χ0v) is 13.9. The lowest BCUT2D eigenvalue weighted by molar-refractivity contribution is 0.0945. The fraction of sp³-hybridized carbons (Fsp3) is 0.158. The van der Waals surface area contributed by atoms with Gasteiger partial charge >= 0.3 is 0 Å². The number of pyridine rings is 1. The van der Waals surface area contributed by atoms with Crippen LogP contribution < -0.4 is 10.6 Å². The van der Waals surface area contributed by atoms with Gasteiger partial charge in [0.1, 0.15) is 11.5 Å². The van der Waals surface area contributed by atoms with E-state index in [4.69, 9.17) is 0 Å². The Labute approximate surface area is 146 Å². The zero-order chi connectivity index (χ0) is 17.5. The van der Waals surface area contributed by atoms with Crippen molar-refractivity contribution in [2.75, 3.05) is 5.32 Å². The molecule has 0 saturated heterocycles. The summed E-state index contributed by atoms with van der Waals surface area (Å²) < 4.78 is 0. The van der Waals surface area contributed by atoms with E-state index in [1.165, 1.54) is 6.20 Å². The fourth-order valence-corrected chi connectivity index (χ4v) is 2.31. The number of amides is 1. The van der Waals surface area contributed by atoms with Crippen molar-refractivity contribution >= 4 is 11.7 Å². The Morgan fingerprint density at radius 2 is 1.88 bits per heavy atom. The molecule has 2 heterocycles. The van der Waals surface area contributed by atoms with Gasteiger partial charge in [0.05, 0.1) is 12.4 Å². The monoisotopic (exact) mass is 333 g/mol. The molecular formula is C19H19N5O. The molecule has 25 heavy (non-hydrogen) atoms. The van der Waals surface area contributed by atoms with Gasteiger partial charge in [-0.3, -0.25) is 9.78 Å². The Morgan fingerprint density at radius 1 is 1.00 bits per heavy atom. The van der Waals surface area contributed by atoms with E-state index < -0.39 is 0 Å². The highest BCUT2D eigenvalue weighted by Gasteiger charge is 2.08. The molecule has 0 aliphatic heterocycles. The number of carbonyl (C=O) groups excluding carboxylic acids is 1. The molecule has 2 aromatic heterocycles. The first-order valence-corrected chi connectivity index (χ1v) is 8.00. The van der Waals surface area contributed by atoms with E-state index in [0.29, 0.717) is 24.6 Å². The van der Waals surface area contributed by atoms with Crippen LogP contribution in [0.1, 0.15) is 27.2 Å². The summed E-state index contributed by atoms with van der Waals surface area (Å²) in [5.41, 5.74) is 3.56. The van der Waals surface area contributed by atoms with E-state index in [9.17, 15) is 4.79 Å². The molecule has 0 radical (unpaired) electrons. The maximum atomic E-state index is 12.2. The van der Waals surface area contributed by atoms with Crippen molar-refractivity contribution in [1.29, 1.82) is 0 Å². The summed E-state index contributed by atoms with van der Waals surface area (Å²) in [6.07, 6.45) is 6.54. The molecule has 3 rings (SSSR count). The van der Waals surface area contributed by atoms with Crippen molar-refractivity contribution in [1.82, 2.24) is 20.3 Å². The summed E-state index contributed by atoms with van der Waals surface area (Å²) in [5, 5.41) is 6.01. The molecular weight excluding hydrogens is 314 g/mol. The number of benzene rings is 1. The Balaban J connectivity index is 1.54. The number of anilines is 1. The van der Waals surface area contributed by atoms with Crippen LogP contribution in [0.15, 0.2) is 61.2 Å². The molecule has 0 bridgehead atoms. The molecule has 0 aliphatic rings. The highest BCUT2D eigenvalue weighted by molar-refractivity contribution is 5.91. The van der Waals surface area contributed by atoms with Gasteiger partial charge < -0.3 is 10.6 Å². The van der Waals surface area contributed by atoms with Crippen molar-refractivity contribution in [3.63, 3.8) is 0 Å². The van der Waals surface area contributed by atoms with Gasteiger partial charge in [0.2, 0.25) is 0 Å². The Morgan fingerprint density at radius 3 is 2.60 bits per heavy atom. The largest absolute Gasteiger partial charge is 0.365 e. The normalized spacial score (nSPS) is 10.3. The van der Waals surface area contributed by atoms with Gasteiger partial charge in [0, 0.05) is 25.5 Å². The summed E-state index contributed by atoms with van der Waals surface area (Å²) in [6.45, 7) is 3.08. The van der Waals surface area contributed by atoms with Crippen molar-refractivity contribution < 1.29 is 4.79 Å². The van der Waals surface area contributed by atoms with E-state index in [1.807, 2.05) is 43.3 Å². The highest BCUT2D eigenvalue weighted by atomic mass is 16.1.